The number of nitrogens with zero attached hydrogens (tertiary/aromatic N) is 2. The molecule has 3 heteroatoms. The molecule has 0 amide bonds. The van der Waals surface area contributed by atoms with Crippen molar-refractivity contribution in [2.45, 2.75) is 163 Å². The molecule has 0 fully saturated rings. The molecule has 0 bridgehead atoms. The Labute approximate surface area is 421 Å². The Morgan fingerprint density at radius 1 is 0.357 bits per heavy atom. The lowest BCUT2D eigenvalue weighted by Gasteiger charge is -2.44. The molecule has 0 saturated heterocycles. The summed E-state index contributed by atoms with van der Waals surface area (Å²) in [5, 5.41) is 2.55. The van der Waals surface area contributed by atoms with E-state index in [4.69, 9.17) is 0 Å². The van der Waals surface area contributed by atoms with Crippen LogP contribution in [0.4, 0.5) is 17.1 Å². The molecule has 0 radical (unpaired) electrons. The molecular formula is C67H77BN2. The van der Waals surface area contributed by atoms with E-state index in [1.54, 1.807) is 0 Å². The van der Waals surface area contributed by atoms with Crippen LogP contribution in [0.15, 0.2) is 133 Å². The average molecular weight is 921 g/mol. The number of fused-ring (bicyclic) bond motifs is 7. The van der Waals surface area contributed by atoms with E-state index < -0.39 is 0 Å². The van der Waals surface area contributed by atoms with Gasteiger partial charge in [0, 0.05) is 39.4 Å². The van der Waals surface area contributed by atoms with Gasteiger partial charge in [-0.15, -0.1) is 0 Å². The van der Waals surface area contributed by atoms with Crippen LogP contribution in [0.2, 0.25) is 0 Å². The first-order valence-corrected chi connectivity index (χ1v) is 26.1. The summed E-state index contributed by atoms with van der Waals surface area (Å²) in [6, 6.07) is 53.3. The highest BCUT2D eigenvalue weighted by Gasteiger charge is 2.46. The van der Waals surface area contributed by atoms with Crippen molar-refractivity contribution in [3.8, 4) is 5.69 Å². The number of para-hydroxylation sites is 2. The van der Waals surface area contributed by atoms with Crippen LogP contribution in [-0.4, -0.2) is 11.3 Å². The summed E-state index contributed by atoms with van der Waals surface area (Å²) < 4.78 is 2.56. The predicted octanol–water partition coefficient (Wildman–Crippen LogP) is 16.4. The van der Waals surface area contributed by atoms with Crippen LogP contribution >= 0.6 is 0 Å². The monoisotopic (exact) mass is 921 g/mol. The van der Waals surface area contributed by atoms with Crippen LogP contribution in [-0.2, 0) is 32.5 Å². The second-order valence-electron chi connectivity index (χ2n) is 27.3. The summed E-state index contributed by atoms with van der Waals surface area (Å²) in [5.74, 6) is -0.0225. The normalized spacial score (nSPS) is 15.4. The molecule has 0 saturated carbocycles. The standard InChI is InChI=1S/C67H77BN2/c1-62(2,3)42-27-29-52-54(37-42)68-55-38-43(63(4,5)6)28-30-58(55)70(48-35-46(66(13,14)15)34-47(36-48)67(16,17)18)59-40-49(69-56-25-21-19-23-50(56)51-24-20-22-26-57(51)69)39-53(61(59)68)60(52)41-31-44(64(7,8)9)33-45(32-41)65(10,11)12/h19-40,60H,1-18H3. The summed E-state index contributed by atoms with van der Waals surface area (Å²) in [6.45, 7) is 42.7. The predicted molar refractivity (Wildman–Crippen MR) is 306 cm³/mol. The SMILES string of the molecule is CC(C)(C)c1cc(C2c3ccc(C(C)(C)C)cc3B3c4cc(C(C)(C)C)ccc4N(c4cc(C(C)(C)C)cc(C(C)(C)C)c4)c4cc(-n5c6ccccc6c6ccccc65)cc2c43)cc(C(C)(C)C)c1. The van der Waals surface area contributed by atoms with Crippen LogP contribution in [0.1, 0.15) is 181 Å². The molecule has 3 heterocycles. The van der Waals surface area contributed by atoms with E-state index in [1.165, 1.54) is 111 Å². The van der Waals surface area contributed by atoms with Crippen molar-refractivity contribution in [1.29, 1.82) is 0 Å². The van der Waals surface area contributed by atoms with Crippen LogP contribution in [0, 0.1) is 0 Å². The highest BCUT2D eigenvalue weighted by Crippen LogP contribution is 2.48. The summed E-state index contributed by atoms with van der Waals surface area (Å²) in [6.07, 6.45) is 0. The summed E-state index contributed by atoms with van der Waals surface area (Å²) in [7, 11) is 0. The fourth-order valence-corrected chi connectivity index (χ4v) is 11.4. The van der Waals surface area contributed by atoms with E-state index >= 15 is 0 Å². The minimum atomic E-state index is -0.0618. The largest absolute Gasteiger partial charge is 0.311 e. The number of benzene rings is 7. The third-order valence-electron chi connectivity index (χ3n) is 15.8. The molecule has 0 aliphatic carbocycles. The van der Waals surface area contributed by atoms with Crippen LogP contribution in [0.25, 0.3) is 27.5 Å². The number of aromatic nitrogens is 1. The van der Waals surface area contributed by atoms with Gasteiger partial charge in [-0.1, -0.05) is 221 Å². The maximum absolute atomic E-state index is 2.68. The van der Waals surface area contributed by atoms with Crippen molar-refractivity contribution in [1.82, 2.24) is 4.57 Å². The van der Waals surface area contributed by atoms with Crippen molar-refractivity contribution in [3.63, 3.8) is 0 Å². The topological polar surface area (TPSA) is 8.17 Å². The fraction of sp³-hybridized carbons (Fsp3) is 0.373. The Morgan fingerprint density at radius 3 is 1.29 bits per heavy atom. The zero-order chi connectivity index (χ0) is 50.4. The van der Waals surface area contributed by atoms with Gasteiger partial charge in [-0.2, -0.15) is 0 Å². The van der Waals surface area contributed by atoms with Crippen LogP contribution < -0.4 is 21.3 Å². The van der Waals surface area contributed by atoms with Crippen molar-refractivity contribution in [2.24, 2.45) is 0 Å². The van der Waals surface area contributed by atoms with Gasteiger partial charge in [-0.05, 0) is 136 Å². The van der Waals surface area contributed by atoms with E-state index in [0.717, 1.165) is 0 Å². The van der Waals surface area contributed by atoms with Crippen molar-refractivity contribution >= 4 is 62.0 Å². The van der Waals surface area contributed by atoms with E-state index in [0.29, 0.717) is 0 Å². The van der Waals surface area contributed by atoms with Crippen LogP contribution in [0.5, 0.6) is 0 Å². The Morgan fingerprint density at radius 2 is 0.800 bits per heavy atom. The summed E-state index contributed by atoms with van der Waals surface area (Å²) in [4.78, 5) is 2.68. The Kier molecular flexibility index (Phi) is 10.8. The van der Waals surface area contributed by atoms with Crippen molar-refractivity contribution < 1.29 is 0 Å². The van der Waals surface area contributed by atoms with E-state index in [9.17, 15) is 0 Å². The maximum Gasteiger partial charge on any atom is 0.247 e. The Bertz CT molecular complexity index is 3100. The van der Waals surface area contributed by atoms with E-state index in [2.05, 4.69) is 268 Å². The molecule has 2 aliphatic rings. The zero-order valence-corrected chi connectivity index (χ0v) is 45.8. The van der Waals surface area contributed by atoms with Gasteiger partial charge in [0.15, 0.2) is 0 Å². The van der Waals surface area contributed by atoms with Gasteiger partial charge in [0.2, 0.25) is 6.71 Å². The molecule has 358 valence electrons. The van der Waals surface area contributed by atoms with Gasteiger partial charge >= 0.3 is 0 Å². The molecule has 1 unspecified atom stereocenters. The molecule has 0 N–H and O–H groups in total. The molecule has 7 aromatic carbocycles. The Hall–Kier alpha value is -5.80. The van der Waals surface area contributed by atoms with E-state index in [1.807, 2.05) is 0 Å². The van der Waals surface area contributed by atoms with Gasteiger partial charge < -0.3 is 9.47 Å². The summed E-state index contributed by atoms with van der Waals surface area (Å²) in [5.41, 5.74) is 23.7. The van der Waals surface area contributed by atoms with Gasteiger partial charge in [0.25, 0.3) is 0 Å². The number of anilines is 3. The highest BCUT2D eigenvalue weighted by atomic mass is 15.2. The molecule has 70 heavy (non-hydrogen) atoms. The second kappa shape index (κ2) is 15.9. The lowest BCUT2D eigenvalue weighted by atomic mass is 9.30. The lowest BCUT2D eigenvalue weighted by Crippen LogP contribution is -2.62. The number of hydrogen-bond acceptors (Lipinski definition) is 1. The van der Waals surface area contributed by atoms with Crippen LogP contribution in [0.3, 0.4) is 0 Å². The molecule has 10 rings (SSSR count). The van der Waals surface area contributed by atoms with E-state index in [-0.39, 0.29) is 45.1 Å². The molecule has 1 atom stereocenters. The number of hydrogen-bond donors (Lipinski definition) is 0. The van der Waals surface area contributed by atoms with Gasteiger partial charge in [0.05, 0.1) is 11.0 Å². The first-order valence-electron chi connectivity index (χ1n) is 26.1. The first-order chi connectivity index (χ1) is 32.5. The third-order valence-corrected chi connectivity index (χ3v) is 15.8. The van der Waals surface area contributed by atoms with Gasteiger partial charge in [-0.3, -0.25) is 0 Å². The quantitative estimate of drug-likeness (QED) is 0.160. The highest BCUT2D eigenvalue weighted by molar-refractivity contribution is 6.99. The summed E-state index contributed by atoms with van der Waals surface area (Å²) >= 11 is 0. The first kappa shape index (κ1) is 47.9. The zero-order valence-electron chi connectivity index (χ0n) is 45.8. The molecule has 8 aromatic rings. The Balaban J connectivity index is 1.43. The average Bonchev–Trinajstić information content (AvgIpc) is 3.60. The van der Waals surface area contributed by atoms with Crippen molar-refractivity contribution in [3.05, 3.63) is 184 Å². The maximum atomic E-state index is 2.68. The minimum Gasteiger partial charge on any atom is -0.311 e. The molecule has 1 aromatic heterocycles. The van der Waals surface area contributed by atoms with Gasteiger partial charge in [-0.25, -0.2) is 0 Å². The molecule has 2 nitrogen and oxygen atoms in total. The van der Waals surface area contributed by atoms with Gasteiger partial charge in [0.1, 0.15) is 0 Å². The fourth-order valence-electron chi connectivity index (χ4n) is 11.4. The third kappa shape index (κ3) is 8.04. The minimum absolute atomic E-state index is 0.0140. The molecule has 0 spiro atoms. The molecule has 2 aliphatic heterocycles. The second-order valence-corrected chi connectivity index (χ2v) is 27.3. The smallest absolute Gasteiger partial charge is 0.247 e. The molecular weight excluding hydrogens is 844 g/mol. The lowest BCUT2D eigenvalue weighted by molar-refractivity contribution is 0.566. The van der Waals surface area contributed by atoms with Crippen molar-refractivity contribution in [2.75, 3.05) is 4.90 Å². The number of rotatable bonds is 3.